The molecule has 19 heavy (non-hydrogen) atoms. The van der Waals surface area contributed by atoms with Crippen molar-refractivity contribution >= 4 is 16.7 Å². The zero-order valence-corrected chi connectivity index (χ0v) is 9.70. The molecule has 1 aliphatic rings. The van der Waals surface area contributed by atoms with Gasteiger partial charge in [-0.15, -0.1) is 0 Å². The third-order valence-corrected chi connectivity index (χ3v) is 3.26. The molecule has 98 valence electrons. The van der Waals surface area contributed by atoms with E-state index in [0.717, 1.165) is 16.3 Å². The van der Waals surface area contributed by atoms with Crippen LogP contribution in [0.3, 0.4) is 0 Å². The highest BCUT2D eigenvalue weighted by Gasteiger charge is 2.43. The van der Waals surface area contributed by atoms with Gasteiger partial charge in [0.2, 0.25) is 0 Å². The van der Waals surface area contributed by atoms with Crippen molar-refractivity contribution in [2.45, 2.75) is 18.7 Å². The zero-order valence-electron chi connectivity index (χ0n) is 9.70. The summed E-state index contributed by atoms with van der Waals surface area (Å²) in [5, 5.41) is 1.84. The van der Waals surface area contributed by atoms with Gasteiger partial charge in [-0.1, -0.05) is 36.4 Å². The van der Waals surface area contributed by atoms with E-state index < -0.39 is 18.2 Å². The Kier molecular flexibility index (Phi) is 2.52. The van der Waals surface area contributed by atoms with Crippen molar-refractivity contribution in [2.75, 3.05) is 0 Å². The summed E-state index contributed by atoms with van der Waals surface area (Å²) in [6.07, 6.45) is -5.52. The third-order valence-electron chi connectivity index (χ3n) is 3.26. The fourth-order valence-corrected chi connectivity index (χ4v) is 2.50. The van der Waals surface area contributed by atoms with Crippen LogP contribution in [0.15, 0.2) is 36.4 Å². The van der Waals surface area contributed by atoms with E-state index in [9.17, 15) is 18.0 Å². The van der Waals surface area contributed by atoms with Crippen LogP contribution in [-0.2, 0) is 16.0 Å². The van der Waals surface area contributed by atoms with Crippen LogP contribution in [0.2, 0.25) is 0 Å². The lowest BCUT2D eigenvalue weighted by Crippen LogP contribution is -2.27. The van der Waals surface area contributed by atoms with Crippen LogP contribution < -0.4 is 0 Å². The molecule has 1 aliphatic carbocycles. The molecular formula is C14H9F3O2. The lowest BCUT2D eigenvalue weighted by molar-refractivity contribution is -0.205. The zero-order chi connectivity index (χ0) is 13.6. The normalized spacial score (nSPS) is 17.7. The molecule has 0 aliphatic heterocycles. The van der Waals surface area contributed by atoms with E-state index in [-0.39, 0.29) is 0 Å². The van der Waals surface area contributed by atoms with E-state index in [1.54, 1.807) is 12.1 Å². The smallest absolute Gasteiger partial charge is 0.450 e. The van der Waals surface area contributed by atoms with Crippen LogP contribution in [0.5, 0.6) is 0 Å². The fraction of sp³-hybridized carbons (Fsp3) is 0.214. The maximum atomic E-state index is 12.2. The van der Waals surface area contributed by atoms with Crippen molar-refractivity contribution in [2.24, 2.45) is 0 Å². The summed E-state index contributed by atoms with van der Waals surface area (Å²) < 4.78 is 41.3. The van der Waals surface area contributed by atoms with Gasteiger partial charge in [0.25, 0.3) is 0 Å². The molecule has 2 aromatic rings. The topological polar surface area (TPSA) is 26.3 Å². The minimum absolute atomic E-state index is 0.290. The van der Waals surface area contributed by atoms with Gasteiger partial charge in [-0.3, -0.25) is 0 Å². The molecule has 0 amide bonds. The van der Waals surface area contributed by atoms with Crippen molar-refractivity contribution < 1.29 is 22.7 Å². The average Bonchev–Trinajstić information content (AvgIpc) is 2.69. The summed E-state index contributed by atoms with van der Waals surface area (Å²) in [7, 11) is 0. The summed E-state index contributed by atoms with van der Waals surface area (Å²) >= 11 is 0. The van der Waals surface area contributed by atoms with Crippen molar-refractivity contribution in [1.82, 2.24) is 0 Å². The molecule has 0 radical (unpaired) electrons. The Hall–Kier alpha value is -2.04. The Labute approximate surface area is 106 Å². The molecule has 0 saturated heterocycles. The minimum atomic E-state index is -4.96. The molecule has 0 saturated carbocycles. The van der Waals surface area contributed by atoms with Crippen molar-refractivity contribution in [1.29, 1.82) is 0 Å². The largest absolute Gasteiger partial charge is 0.490 e. The molecule has 0 bridgehead atoms. The lowest BCUT2D eigenvalue weighted by Gasteiger charge is -2.14. The molecule has 3 rings (SSSR count). The Morgan fingerprint density at radius 2 is 1.84 bits per heavy atom. The highest BCUT2D eigenvalue weighted by atomic mass is 19.4. The van der Waals surface area contributed by atoms with Gasteiger partial charge in [0.1, 0.15) is 6.10 Å². The van der Waals surface area contributed by atoms with Gasteiger partial charge >= 0.3 is 12.1 Å². The Bertz CT molecular complexity index is 656. The molecule has 0 N–H and O–H groups in total. The van der Waals surface area contributed by atoms with Crippen molar-refractivity contribution in [3.63, 3.8) is 0 Å². The molecule has 0 spiro atoms. The van der Waals surface area contributed by atoms with E-state index in [1.165, 1.54) is 0 Å². The standard InChI is InChI=1S/C14H9F3O2/c15-14(16,17)13(18)19-11-7-9-5-1-3-8-4-2-6-10(11)12(8)9/h1-6,11H,7H2. The van der Waals surface area contributed by atoms with Crippen molar-refractivity contribution in [3.8, 4) is 0 Å². The van der Waals surface area contributed by atoms with Gasteiger partial charge in [-0.05, 0) is 16.3 Å². The number of esters is 1. The number of hydrogen-bond acceptors (Lipinski definition) is 2. The van der Waals surface area contributed by atoms with Gasteiger partial charge in [0.15, 0.2) is 0 Å². The second kappa shape index (κ2) is 3.98. The summed E-state index contributed by atoms with van der Waals surface area (Å²) in [5.74, 6) is -2.14. The van der Waals surface area contributed by atoms with E-state index in [0.29, 0.717) is 12.0 Å². The summed E-state index contributed by atoms with van der Waals surface area (Å²) in [6, 6.07) is 10.9. The number of rotatable bonds is 1. The predicted molar refractivity (Wildman–Crippen MR) is 62.5 cm³/mol. The van der Waals surface area contributed by atoms with E-state index >= 15 is 0 Å². The number of carbonyl (C=O) groups is 1. The lowest BCUT2D eigenvalue weighted by atomic mass is 10.1. The maximum absolute atomic E-state index is 12.2. The first kappa shape index (κ1) is 12.0. The van der Waals surface area contributed by atoms with Gasteiger partial charge in [-0.2, -0.15) is 13.2 Å². The van der Waals surface area contributed by atoms with E-state index in [2.05, 4.69) is 4.74 Å². The van der Waals surface area contributed by atoms with Crippen LogP contribution in [0.4, 0.5) is 13.2 Å². The first-order valence-electron chi connectivity index (χ1n) is 5.75. The first-order chi connectivity index (χ1) is 8.97. The molecule has 0 heterocycles. The molecule has 5 heteroatoms. The number of carbonyl (C=O) groups excluding carboxylic acids is 1. The summed E-state index contributed by atoms with van der Waals surface area (Å²) in [4.78, 5) is 10.9. The second-order valence-corrected chi connectivity index (χ2v) is 4.46. The van der Waals surface area contributed by atoms with Gasteiger partial charge in [0, 0.05) is 12.0 Å². The number of hydrogen-bond donors (Lipinski definition) is 0. The minimum Gasteiger partial charge on any atom is -0.450 e. The van der Waals surface area contributed by atoms with Crippen LogP contribution in [0, 0.1) is 0 Å². The van der Waals surface area contributed by atoms with Crippen LogP contribution >= 0.6 is 0 Å². The van der Waals surface area contributed by atoms with Gasteiger partial charge in [-0.25, -0.2) is 4.79 Å². The highest BCUT2D eigenvalue weighted by Crippen LogP contribution is 2.39. The molecule has 1 atom stereocenters. The maximum Gasteiger partial charge on any atom is 0.490 e. The van der Waals surface area contributed by atoms with Gasteiger partial charge < -0.3 is 4.74 Å². The van der Waals surface area contributed by atoms with E-state index in [1.807, 2.05) is 24.3 Å². The Balaban J connectivity index is 1.98. The predicted octanol–water partition coefficient (Wildman–Crippen LogP) is 3.54. The number of alkyl halides is 3. The number of halogens is 3. The monoisotopic (exact) mass is 266 g/mol. The van der Waals surface area contributed by atoms with E-state index in [4.69, 9.17) is 0 Å². The third kappa shape index (κ3) is 1.95. The van der Waals surface area contributed by atoms with Gasteiger partial charge in [0.05, 0.1) is 0 Å². The summed E-state index contributed by atoms with van der Waals surface area (Å²) in [6.45, 7) is 0. The summed E-state index contributed by atoms with van der Waals surface area (Å²) in [5.41, 5.74) is 1.55. The average molecular weight is 266 g/mol. The molecule has 1 unspecified atom stereocenters. The Morgan fingerprint density at radius 3 is 2.53 bits per heavy atom. The highest BCUT2D eigenvalue weighted by molar-refractivity contribution is 5.91. The van der Waals surface area contributed by atoms with Crippen LogP contribution in [-0.4, -0.2) is 12.1 Å². The van der Waals surface area contributed by atoms with Crippen LogP contribution in [0.25, 0.3) is 10.8 Å². The van der Waals surface area contributed by atoms with Crippen molar-refractivity contribution in [3.05, 3.63) is 47.5 Å². The quantitative estimate of drug-likeness (QED) is 0.738. The second-order valence-electron chi connectivity index (χ2n) is 4.46. The molecule has 0 fully saturated rings. The Morgan fingerprint density at radius 1 is 1.16 bits per heavy atom. The SMILES string of the molecule is O=C(OC1Cc2cccc3cccc1c23)C(F)(F)F. The number of ether oxygens (including phenoxy) is 1. The van der Waals surface area contributed by atoms with Crippen LogP contribution in [0.1, 0.15) is 17.2 Å². The molecule has 2 aromatic carbocycles. The first-order valence-corrected chi connectivity index (χ1v) is 5.75. The molecular weight excluding hydrogens is 257 g/mol. The fourth-order valence-electron chi connectivity index (χ4n) is 2.50. The molecule has 0 aromatic heterocycles. The number of benzene rings is 2. The molecule has 2 nitrogen and oxygen atoms in total.